The first-order valence-corrected chi connectivity index (χ1v) is 10.0. The van der Waals surface area contributed by atoms with Gasteiger partial charge in [-0.25, -0.2) is 17.9 Å². The quantitative estimate of drug-likeness (QED) is 0.650. The summed E-state index contributed by atoms with van der Waals surface area (Å²) in [4.78, 5) is 24.4. The van der Waals surface area contributed by atoms with Crippen molar-refractivity contribution in [3.05, 3.63) is 54.1 Å². The first-order valence-electron chi connectivity index (χ1n) is 8.52. The van der Waals surface area contributed by atoms with Gasteiger partial charge in [0.05, 0.1) is 17.6 Å². The number of ether oxygens (including phenoxy) is 2. The van der Waals surface area contributed by atoms with Crippen molar-refractivity contribution in [2.75, 3.05) is 19.0 Å². The Hall–Kier alpha value is -2.91. The minimum Gasteiger partial charge on any atom is -0.497 e. The van der Waals surface area contributed by atoms with Crippen LogP contribution in [0.3, 0.4) is 0 Å². The maximum Gasteiger partial charge on any atom is 0.338 e. The predicted octanol–water partition coefficient (Wildman–Crippen LogP) is 2.18. The van der Waals surface area contributed by atoms with Crippen molar-refractivity contribution in [1.82, 2.24) is 4.72 Å². The van der Waals surface area contributed by atoms with Gasteiger partial charge in [-0.15, -0.1) is 0 Å². The number of carbonyl (C=O) groups excluding carboxylic acids is 2. The molecule has 0 unspecified atom stereocenters. The topological polar surface area (TPSA) is 111 Å². The van der Waals surface area contributed by atoms with Crippen LogP contribution < -0.4 is 14.8 Å². The van der Waals surface area contributed by atoms with Gasteiger partial charge in [0.25, 0.3) is 5.91 Å². The summed E-state index contributed by atoms with van der Waals surface area (Å²) in [5, 5.41) is 2.63. The van der Waals surface area contributed by atoms with Crippen LogP contribution in [0.4, 0.5) is 5.69 Å². The Kier molecular flexibility index (Phi) is 7.13. The summed E-state index contributed by atoms with van der Waals surface area (Å²) in [7, 11) is -2.07. The molecule has 0 fully saturated rings. The summed E-state index contributed by atoms with van der Waals surface area (Å²) in [6, 6.07) is 12.0. The number of methoxy groups -OCH3 is 1. The van der Waals surface area contributed by atoms with Gasteiger partial charge in [0.2, 0.25) is 10.0 Å². The van der Waals surface area contributed by atoms with Gasteiger partial charge >= 0.3 is 5.97 Å². The summed E-state index contributed by atoms with van der Waals surface area (Å²) in [5.41, 5.74) is 0.672. The van der Waals surface area contributed by atoms with E-state index < -0.39 is 28.0 Å². The van der Waals surface area contributed by atoms with E-state index in [2.05, 4.69) is 10.0 Å². The Morgan fingerprint density at radius 1 is 1.04 bits per heavy atom. The first kappa shape index (κ1) is 21.4. The summed E-state index contributed by atoms with van der Waals surface area (Å²) in [6.07, 6.45) is -1.04. The summed E-state index contributed by atoms with van der Waals surface area (Å²) < 4.78 is 36.4. The molecule has 28 heavy (non-hydrogen) atoms. The average Bonchev–Trinajstić information content (AvgIpc) is 2.68. The van der Waals surface area contributed by atoms with Crippen molar-refractivity contribution in [3.8, 4) is 5.75 Å². The number of hydrogen-bond acceptors (Lipinski definition) is 6. The molecule has 0 aromatic heterocycles. The summed E-state index contributed by atoms with van der Waals surface area (Å²) in [5.74, 6) is -0.577. The van der Waals surface area contributed by atoms with Crippen LogP contribution in [0.5, 0.6) is 5.75 Å². The molecule has 0 spiro atoms. The number of esters is 1. The van der Waals surface area contributed by atoms with Crippen molar-refractivity contribution in [1.29, 1.82) is 0 Å². The molecule has 0 aliphatic heterocycles. The van der Waals surface area contributed by atoms with Crippen LogP contribution >= 0.6 is 0 Å². The highest BCUT2D eigenvalue weighted by atomic mass is 32.2. The van der Waals surface area contributed by atoms with E-state index in [1.54, 1.807) is 31.2 Å². The number of rotatable bonds is 8. The number of nitrogens with one attached hydrogen (secondary N) is 2. The molecule has 0 radical (unpaired) electrons. The van der Waals surface area contributed by atoms with Crippen LogP contribution in [0.15, 0.2) is 53.4 Å². The van der Waals surface area contributed by atoms with Gasteiger partial charge < -0.3 is 14.8 Å². The van der Waals surface area contributed by atoms with Crippen molar-refractivity contribution in [2.45, 2.75) is 24.8 Å². The van der Waals surface area contributed by atoms with E-state index in [1.807, 2.05) is 0 Å². The van der Waals surface area contributed by atoms with Gasteiger partial charge in [-0.1, -0.05) is 6.92 Å². The summed E-state index contributed by atoms with van der Waals surface area (Å²) >= 11 is 0. The van der Waals surface area contributed by atoms with Gasteiger partial charge in [-0.05, 0) is 55.5 Å². The fourth-order valence-corrected chi connectivity index (χ4v) is 3.28. The van der Waals surface area contributed by atoms with Gasteiger partial charge in [0, 0.05) is 12.2 Å². The molecule has 2 aromatic rings. The third-order valence-corrected chi connectivity index (χ3v) is 5.31. The molecular weight excluding hydrogens is 384 g/mol. The number of sulfonamides is 1. The fraction of sp³-hybridized carbons (Fsp3) is 0.263. The molecule has 8 nitrogen and oxygen atoms in total. The molecule has 1 atom stereocenters. The smallest absolute Gasteiger partial charge is 0.338 e. The molecule has 0 aliphatic rings. The summed E-state index contributed by atoms with van der Waals surface area (Å²) in [6.45, 7) is 3.37. The van der Waals surface area contributed by atoms with E-state index in [4.69, 9.17) is 9.47 Å². The van der Waals surface area contributed by atoms with E-state index >= 15 is 0 Å². The second-order valence-corrected chi connectivity index (χ2v) is 7.56. The highest BCUT2D eigenvalue weighted by Crippen LogP contribution is 2.16. The number of anilines is 1. The van der Waals surface area contributed by atoms with E-state index in [-0.39, 0.29) is 17.0 Å². The van der Waals surface area contributed by atoms with Crippen molar-refractivity contribution in [2.24, 2.45) is 0 Å². The highest BCUT2D eigenvalue weighted by molar-refractivity contribution is 7.89. The van der Waals surface area contributed by atoms with Crippen molar-refractivity contribution in [3.63, 3.8) is 0 Å². The van der Waals surface area contributed by atoms with Crippen LogP contribution in [-0.2, 0) is 19.6 Å². The molecule has 2 N–H and O–H groups in total. The molecule has 150 valence electrons. The number of amides is 1. The van der Waals surface area contributed by atoms with Crippen LogP contribution in [0.25, 0.3) is 0 Å². The lowest BCUT2D eigenvalue weighted by Crippen LogP contribution is -2.30. The third kappa shape index (κ3) is 5.54. The number of carbonyl (C=O) groups is 2. The number of hydrogen-bond donors (Lipinski definition) is 2. The Balaban J connectivity index is 1.98. The van der Waals surface area contributed by atoms with Gasteiger partial charge in [0.1, 0.15) is 5.75 Å². The van der Waals surface area contributed by atoms with Gasteiger partial charge in [-0.3, -0.25) is 4.79 Å². The third-order valence-electron chi connectivity index (χ3n) is 3.75. The second-order valence-electron chi connectivity index (χ2n) is 5.79. The minimum atomic E-state index is -3.60. The Labute approximate surface area is 163 Å². The van der Waals surface area contributed by atoms with Crippen LogP contribution in [0, 0.1) is 0 Å². The van der Waals surface area contributed by atoms with E-state index in [0.717, 1.165) is 0 Å². The predicted molar refractivity (Wildman–Crippen MR) is 104 cm³/mol. The van der Waals surface area contributed by atoms with E-state index in [9.17, 15) is 18.0 Å². The molecular formula is C19H22N2O6S. The molecule has 0 saturated carbocycles. The van der Waals surface area contributed by atoms with E-state index in [0.29, 0.717) is 11.4 Å². The second kappa shape index (κ2) is 9.34. The van der Waals surface area contributed by atoms with Crippen LogP contribution in [-0.4, -0.2) is 40.1 Å². The lowest BCUT2D eigenvalue weighted by atomic mass is 10.2. The zero-order chi connectivity index (χ0) is 20.7. The standard InChI is InChI=1S/C19H22N2O6S/c1-4-20-28(24,25)17-11-5-14(6-12-17)19(23)27-13(2)18(22)21-15-7-9-16(26-3)10-8-15/h5-13,20H,4H2,1-3H3,(H,21,22)/t13-/m1/s1. The molecule has 2 rings (SSSR count). The largest absolute Gasteiger partial charge is 0.497 e. The Morgan fingerprint density at radius 3 is 2.18 bits per heavy atom. The maximum atomic E-state index is 12.2. The highest BCUT2D eigenvalue weighted by Gasteiger charge is 2.20. The lowest BCUT2D eigenvalue weighted by molar-refractivity contribution is -0.123. The average molecular weight is 406 g/mol. The molecule has 0 aliphatic carbocycles. The molecule has 1 amide bonds. The molecule has 0 heterocycles. The SMILES string of the molecule is CCNS(=O)(=O)c1ccc(C(=O)O[C@H](C)C(=O)Nc2ccc(OC)cc2)cc1. The van der Waals surface area contributed by atoms with Gasteiger partial charge in [0.15, 0.2) is 6.10 Å². The first-order chi connectivity index (χ1) is 13.3. The zero-order valence-corrected chi connectivity index (χ0v) is 16.6. The normalized spacial score (nSPS) is 12.1. The monoisotopic (exact) mass is 406 g/mol. The van der Waals surface area contributed by atoms with Crippen LogP contribution in [0.1, 0.15) is 24.2 Å². The molecule has 2 aromatic carbocycles. The van der Waals surface area contributed by atoms with Gasteiger partial charge in [-0.2, -0.15) is 0 Å². The number of benzene rings is 2. The molecule has 9 heteroatoms. The molecule has 0 saturated heterocycles. The van der Waals surface area contributed by atoms with Crippen LogP contribution in [0.2, 0.25) is 0 Å². The van der Waals surface area contributed by atoms with E-state index in [1.165, 1.54) is 38.3 Å². The minimum absolute atomic E-state index is 0.0381. The molecule has 0 bridgehead atoms. The zero-order valence-electron chi connectivity index (χ0n) is 15.8. The Bertz CT molecular complexity index is 924. The fourth-order valence-electron chi connectivity index (χ4n) is 2.24. The van der Waals surface area contributed by atoms with Crippen molar-refractivity contribution < 1.29 is 27.5 Å². The van der Waals surface area contributed by atoms with Crippen molar-refractivity contribution >= 4 is 27.6 Å². The Morgan fingerprint density at radius 2 is 1.64 bits per heavy atom. The lowest BCUT2D eigenvalue weighted by Gasteiger charge is -2.14. The maximum absolute atomic E-state index is 12.2.